The van der Waals surface area contributed by atoms with Gasteiger partial charge in [-0.3, -0.25) is 4.98 Å². The molecule has 1 aliphatic carbocycles. The van der Waals surface area contributed by atoms with Crippen molar-refractivity contribution in [2.75, 3.05) is 13.1 Å². The summed E-state index contributed by atoms with van der Waals surface area (Å²) in [4.78, 5) is 18.5. The maximum atomic E-state index is 12.6. The number of piperidine rings is 1. The van der Waals surface area contributed by atoms with Crippen molar-refractivity contribution in [3.05, 3.63) is 60.4 Å². The summed E-state index contributed by atoms with van der Waals surface area (Å²) in [5, 5.41) is 2.97. The van der Waals surface area contributed by atoms with Gasteiger partial charge in [-0.05, 0) is 42.9 Å². The summed E-state index contributed by atoms with van der Waals surface area (Å²) in [6.07, 6.45) is 5.25. The number of nitrogens with one attached hydrogen (secondary N) is 2. The molecule has 2 amide bonds. The van der Waals surface area contributed by atoms with E-state index in [0.717, 1.165) is 19.3 Å². The van der Waals surface area contributed by atoms with Crippen LogP contribution in [0, 0.1) is 5.92 Å². The van der Waals surface area contributed by atoms with Crippen LogP contribution in [-0.4, -0.2) is 49.5 Å². The summed E-state index contributed by atoms with van der Waals surface area (Å²) >= 11 is 0. The smallest absolute Gasteiger partial charge is 0.317 e. The van der Waals surface area contributed by atoms with Gasteiger partial charge in [-0.2, -0.15) is 0 Å². The van der Waals surface area contributed by atoms with Crippen molar-refractivity contribution in [3.63, 3.8) is 0 Å². The molecule has 4 rings (SSSR count). The second-order valence-electron chi connectivity index (χ2n) is 7.44. The predicted molar refractivity (Wildman–Crippen MR) is 105 cm³/mol. The van der Waals surface area contributed by atoms with Gasteiger partial charge in [-0.25, -0.2) is 17.9 Å². The zero-order valence-corrected chi connectivity index (χ0v) is 16.3. The number of amides is 2. The topological polar surface area (TPSA) is 91.4 Å². The maximum Gasteiger partial charge on any atom is 0.317 e. The van der Waals surface area contributed by atoms with E-state index in [9.17, 15) is 13.2 Å². The number of urea groups is 1. The third-order valence-corrected chi connectivity index (χ3v) is 7.00. The highest BCUT2D eigenvalue weighted by Crippen LogP contribution is 2.38. The molecule has 7 nitrogen and oxygen atoms in total. The van der Waals surface area contributed by atoms with Crippen LogP contribution in [0.3, 0.4) is 0 Å². The second kappa shape index (κ2) is 7.89. The molecule has 2 aliphatic rings. The van der Waals surface area contributed by atoms with Gasteiger partial charge in [0.2, 0.25) is 10.0 Å². The lowest BCUT2D eigenvalue weighted by molar-refractivity contribution is 0.170. The van der Waals surface area contributed by atoms with Gasteiger partial charge in [0.1, 0.15) is 4.90 Å². The lowest BCUT2D eigenvalue weighted by Crippen LogP contribution is -2.54. The van der Waals surface area contributed by atoms with Gasteiger partial charge in [0.15, 0.2) is 0 Å². The molecule has 0 radical (unpaired) electrons. The number of aromatic nitrogens is 1. The standard InChI is InChI=1S/C20H24N4O3S/c25-20(22-10-8-15-5-2-1-3-6-15)24-14-16-11-18(19(24)12-16)23-28(26,27)17-7-4-9-21-13-17/h1-7,9,13,16,18-19,23H,8,10-12,14H2,(H,22,25)/t16-,18+,19-/m1/s1. The molecule has 1 aliphatic heterocycles. The molecule has 2 bridgehead atoms. The van der Waals surface area contributed by atoms with Crippen LogP contribution < -0.4 is 10.0 Å². The number of carbonyl (C=O) groups excluding carboxylic acids is 1. The fourth-order valence-corrected chi connectivity index (χ4v) is 5.46. The number of hydrogen-bond donors (Lipinski definition) is 2. The average Bonchev–Trinajstić information content (AvgIpc) is 3.29. The molecule has 2 N–H and O–H groups in total. The molecule has 2 aromatic rings. The van der Waals surface area contributed by atoms with Crippen molar-refractivity contribution < 1.29 is 13.2 Å². The number of sulfonamides is 1. The molecule has 148 valence electrons. The Hall–Kier alpha value is -2.45. The van der Waals surface area contributed by atoms with Gasteiger partial charge in [0.25, 0.3) is 0 Å². The summed E-state index contributed by atoms with van der Waals surface area (Å²) in [6, 6.07) is 12.6. The monoisotopic (exact) mass is 400 g/mol. The van der Waals surface area contributed by atoms with Crippen molar-refractivity contribution in [3.8, 4) is 0 Å². The van der Waals surface area contributed by atoms with Crippen molar-refractivity contribution in [1.29, 1.82) is 0 Å². The van der Waals surface area contributed by atoms with E-state index in [0.29, 0.717) is 19.0 Å². The van der Waals surface area contributed by atoms with E-state index in [1.807, 2.05) is 30.3 Å². The number of hydrogen-bond acceptors (Lipinski definition) is 4. The Morgan fingerprint density at radius 2 is 1.96 bits per heavy atom. The van der Waals surface area contributed by atoms with E-state index < -0.39 is 10.0 Å². The Labute approximate surface area is 165 Å². The van der Waals surface area contributed by atoms with Gasteiger partial charge in [-0.15, -0.1) is 0 Å². The van der Waals surface area contributed by atoms with Gasteiger partial charge in [0.05, 0.1) is 6.04 Å². The summed E-state index contributed by atoms with van der Waals surface area (Å²) in [7, 11) is -3.64. The first kappa shape index (κ1) is 18.9. The second-order valence-corrected chi connectivity index (χ2v) is 9.16. The number of likely N-dealkylation sites (tertiary alicyclic amines) is 1. The third-order valence-electron chi connectivity index (χ3n) is 5.53. The summed E-state index contributed by atoms with van der Waals surface area (Å²) in [5.74, 6) is 0.339. The van der Waals surface area contributed by atoms with Crippen LogP contribution in [0.5, 0.6) is 0 Å². The number of nitrogens with zero attached hydrogens (tertiary/aromatic N) is 2. The van der Waals surface area contributed by atoms with Crippen LogP contribution >= 0.6 is 0 Å². The van der Waals surface area contributed by atoms with Gasteiger partial charge >= 0.3 is 6.03 Å². The molecular formula is C20H24N4O3S. The van der Waals surface area contributed by atoms with Crippen LogP contribution in [0.25, 0.3) is 0 Å². The van der Waals surface area contributed by atoms with Crippen LogP contribution in [0.4, 0.5) is 4.79 Å². The molecule has 3 atom stereocenters. The zero-order chi connectivity index (χ0) is 19.6. The first-order chi connectivity index (χ1) is 13.5. The molecule has 28 heavy (non-hydrogen) atoms. The Morgan fingerprint density at radius 3 is 2.68 bits per heavy atom. The quantitative estimate of drug-likeness (QED) is 0.773. The Morgan fingerprint density at radius 1 is 1.14 bits per heavy atom. The molecule has 1 aromatic heterocycles. The minimum atomic E-state index is -3.64. The number of benzene rings is 1. The molecule has 2 heterocycles. The van der Waals surface area contributed by atoms with Crippen molar-refractivity contribution in [2.24, 2.45) is 5.92 Å². The fourth-order valence-electron chi connectivity index (χ4n) is 4.22. The molecule has 1 saturated carbocycles. The molecule has 1 aromatic carbocycles. The zero-order valence-electron chi connectivity index (χ0n) is 15.5. The summed E-state index contributed by atoms with van der Waals surface area (Å²) in [5.41, 5.74) is 1.17. The molecule has 8 heteroatoms. The van der Waals surface area contributed by atoms with Gasteiger partial charge < -0.3 is 10.2 Å². The summed E-state index contributed by atoms with van der Waals surface area (Å²) in [6.45, 7) is 1.25. The van der Waals surface area contributed by atoms with Crippen LogP contribution in [0.1, 0.15) is 18.4 Å². The fraction of sp³-hybridized carbons (Fsp3) is 0.400. The Balaban J connectivity index is 1.35. The molecule has 0 unspecified atom stereocenters. The van der Waals surface area contributed by atoms with E-state index in [-0.39, 0.29) is 23.0 Å². The highest BCUT2D eigenvalue weighted by molar-refractivity contribution is 7.89. The predicted octanol–water partition coefficient (Wildman–Crippen LogP) is 1.77. The third kappa shape index (κ3) is 4.02. The lowest BCUT2D eigenvalue weighted by atomic mass is 10.1. The van der Waals surface area contributed by atoms with Gasteiger partial charge in [0, 0.05) is 31.5 Å². The van der Waals surface area contributed by atoms with Crippen molar-refractivity contribution in [1.82, 2.24) is 19.9 Å². The summed E-state index contributed by atoms with van der Waals surface area (Å²) < 4.78 is 28.0. The van der Waals surface area contributed by atoms with E-state index in [2.05, 4.69) is 15.0 Å². The number of pyridine rings is 1. The van der Waals surface area contributed by atoms with Crippen LogP contribution in [-0.2, 0) is 16.4 Å². The number of carbonyl (C=O) groups is 1. The van der Waals surface area contributed by atoms with E-state index >= 15 is 0 Å². The van der Waals surface area contributed by atoms with E-state index in [1.54, 1.807) is 11.0 Å². The van der Waals surface area contributed by atoms with Crippen LogP contribution in [0.15, 0.2) is 59.8 Å². The molecular weight excluding hydrogens is 376 g/mol. The first-order valence-corrected chi connectivity index (χ1v) is 11.0. The number of rotatable bonds is 6. The molecule has 1 saturated heterocycles. The van der Waals surface area contributed by atoms with E-state index in [1.165, 1.54) is 24.0 Å². The highest BCUT2D eigenvalue weighted by Gasteiger charge is 2.48. The largest absolute Gasteiger partial charge is 0.338 e. The highest BCUT2D eigenvalue weighted by atomic mass is 32.2. The number of fused-ring (bicyclic) bond motifs is 2. The van der Waals surface area contributed by atoms with Crippen molar-refractivity contribution >= 4 is 16.1 Å². The lowest BCUT2D eigenvalue weighted by Gasteiger charge is -2.33. The van der Waals surface area contributed by atoms with Crippen LogP contribution in [0.2, 0.25) is 0 Å². The Kier molecular flexibility index (Phi) is 5.32. The van der Waals surface area contributed by atoms with Gasteiger partial charge in [-0.1, -0.05) is 30.3 Å². The minimum Gasteiger partial charge on any atom is -0.338 e. The average molecular weight is 401 g/mol. The molecule has 0 spiro atoms. The van der Waals surface area contributed by atoms with E-state index in [4.69, 9.17) is 0 Å². The minimum absolute atomic E-state index is 0.104. The first-order valence-electron chi connectivity index (χ1n) is 9.54. The molecule has 2 fully saturated rings. The maximum absolute atomic E-state index is 12.6. The van der Waals surface area contributed by atoms with Crippen molar-refractivity contribution in [2.45, 2.75) is 36.2 Å². The SMILES string of the molecule is O=C(NCCc1ccccc1)N1C[C@@H]2C[C@H](NS(=O)(=O)c3cccnc3)[C@H]1C2. The Bertz CT molecular complexity index is 921. The normalized spacial score (nSPS) is 23.7.